The van der Waals surface area contributed by atoms with Crippen LogP contribution in [0, 0.1) is 0 Å². The molecular weight excluding hydrogens is 432 g/mol. The lowest BCUT2D eigenvalue weighted by molar-refractivity contribution is -0.145. The van der Waals surface area contributed by atoms with Crippen LogP contribution in [0.2, 0.25) is 0 Å². The van der Waals surface area contributed by atoms with E-state index >= 15 is 0 Å². The molecule has 176 valence electrons. The molecule has 0 bridgehead atoms. The fourth-order valence-corrected chi connectivity index (χ4v) is 3.61. The highest BCUT2D eigenvalue weighted by Crippen LogP contribution is 2.19. The monoisotopic (exact) mass is 462 g/mol. The van der Waals surface area contributed by atoms with Gasteiger partial charge in [0.15, 0.2) is 0 Å². The molecule has 4 unspecified atom stereocenters. The Bertz CT molecular complexity index is 677. The topological polar surface area (TPSA) is 199 Å². The van der Waals surface area contributed by atoms with Gasteiger partial charge in [0.25, 0.3) is 0 Å². The number of nitrogens with zero attached hydrogens (tertiary/aromatic N) is 1. The molecule has 1 heterocycles. The third-order valence-corrected chi connectivity index (χ3v) is 5.51. The van der Waals surface area contributed by atoms with Crippen molar-refractivity contribution in [1.82, 2.24) is 15.5 Å². The van der Waals surface area contributed by atoms with E-state index in [1.165, 1.54) is 16.7 Å². The van der Waals surface area contributed by atoms with Crippen LogP contribution in [0.1, 0.15) is 32.1 Å². The van der Waals surface area contributed by atoms with E-state index in [1.807, 2.05) is 6.26 Å². The maximum atomic E-state index is 12.8. The first-order chi connectivity index (χ1) is 14.6. The quantitative estimate of drug-likeness (QED) is 0.177. The third kappa shape index (κ3) is 8.34. The minimum Gasteiger partial charge on any atom is -0.481 e. The molecule has 0 aromatic heterocycles. The van der Waals surface area contributed by atoms with E-state index in [4.69, 9.17) is 10.8 Å². The van der Waals surface area contributed by atoms with Crippen molar-refractivity contribution >= 4 is 41.4 Å². The second kappa shape index (κ2) is 13.1. The largest absolute Gasteiger partial charge is 0.481 e. The first kappa shape index (κ1) is 26.7. The lowest BCUT2D eigenvalue weighted by Crippen LogP contribution is -2.57. The highest BCUT2D eigenvalue weighted by molar-refractivity contribution is 7.98. The highest BCUT2D eigenvalue weighted by atomic mass is 32.2. The van der Waals surface area contributed by atoms with E-state index in [1.54, 1.807) is 0 Å². The number of hydrogen-bond donors (Lipinski definition) is 6. The van der Waals surface area contributed by atoms with Crippen LogP contribution in [0.3, 0.4) is 0 Å². The maximum absolute atomic E-state index is 12.8. The minimum absolute atomic E-state index is 0.144. The van der Waals surface area contributed by atoms with Crippen LogP contribution in [0.5, 0.6) is 0 Å². The molecule has 1 aliphatic rings. The minimum atomic E-state index is -1.36. The molecule has 7 N–H and O–H groups in total. The lowest BCUT2D eigenvalue weighted by Gasteiger charge is -2.29. The summed E-state index contributed by atoms with van der Waals surface area (Å²) in [6.07, 6.45) is 2.38. The number of carbonyl (C=O) groups excluding carboxylic acids is 3. The zero-order valence-electron chi connectivity index (χ0n) is 17.3. The molecule has 3 amide bonds. The van der Waals surface area contributed by atoms with E-state index in [2.05, 4.69) is 10.6 Å². The van der Waals surface area contributed by atoms with Crippen LogP contribution < -0.4 is 16.4 Å². The van der Waals surface area contributed by atoms with E-state index in [9.17, 15) is 34.2 Å². The number of carboxylic acid groups (broad SMARTS) is 2. The van der Waals surface area contributed by atoms with Gasteiger partial charge >= 0.3 is 11.9 Å². The molecule has 0 aromatic rings. The van der Waals surface area contributed by atoms with Crippen molar-refractivity contribution in [3.05, 3.63) is 0 Å². The van der Waals surface area contributed by atoms with E-state index in [0.717, 1.165) is 0 Å². The smallest absolute Gasteiger partial charge is 0.326 e. The molecule has 0 spiro atoms. The van der Waals surface area contributed by atoms with Gasteiger partial charge < -0.3 is 36.6 Å². The number of aliphatic hydroxyl groups is 1. The van der Waals surface area contributed by atoms with Crippen molar-refractivity contribution in [3.8, 4) is 0 Å². The normalized spacial score (nSPS) is 18.7. The molecule has 13 heteroatoms. The number of amides is 3. The average Bonchev–Trinajstić information content (AvgIpc) is 3.22. The number of aliphatic carboxylic acids is 2. The van der Waals surface area contributed by atoms with Crippen LogP contribution in [0.4, 0.5) is 0 Å². The van der Waals surface area contributed by atoms with Gasteiger partial charge in [0, 0.05) is 13.0 Å². The predicted octanol–water partition coefficient (Wildman–Crippen LogP) is -2.03. The van der Waals surface area contributed by atoms with Crippen LogP contribution in [-0.2, 0) is 24.0 Å². The summed E-state index contributed by atoms with van der Waals surface area (Å²) in [6.45, 7) is -0.538. The molecule has 1 fully saturated rings. The van der Waals surface area contributed by atoms with Gasteiger partial charge in [-0.25, -0.2) is 4.79 Å². The second-order valence-corrected chi connectivity index (χ2v) is 8.14. The first-order valence-electron chi connectivity index (χ1n) is 9.83. The van der Waals surface area contributed by atoms with Crippen LogP contribution in [0.15, 0.2) is 0 Å². The number of aliphatic hydroxyl groups excluding tert-OH is 1. The fraction of sp³-hybridized carbons (Fsp3) is 0.722. The third-order valence-electron chi connectivity index (χ3n) is 4.87. The molecular formula is C18H30N4O8S. The van der Waals surface area contributed by atoms with Crippen molar-refractivity contribution in [1.29, 1.82) is 0 Å². The summed E-state index contributed by atoms with van der Waals surface area (Å²) in [4.78, 5) is 60.7. The van der Waals surface area contributed by atoms with E-state index < -0.39 is 60.4 Å². The predicted molar refractivity (Wildman–Crippen MR) is 111 cm³/mol. The second-order valence-electron chi connectivity index (χ2n) is 7.15. The summed E-state index contributed by atoms with van der Waals surface area (Å²) in [7, 11) is 0. The molecule has 1 rings (SSSR count). The lowest BCUT2D eigenvalue weighted by atomic mass is 10.1. The Morgan fingerprint density at radius 2 is 1.81 bits per heavy atom. The van der Waals surface area contributed by atoms with Crippen molar-refractivity contribution in [2.24, 2.45) is 5.73 Å². The van der Waals surface area contributed by atoms with Crippen molar-refractivity contribution < 1.29 is 39.3 Å². The van der Waals surface area contributed by atoms with Gasteiger partial charge in [-0.05, 0) is 37.7 Å². The van der Waals surface area contributed by atoms with Crippen molar-refractivity contribution in [2.45, 2.75) is 56.3 Å². The Balaban J connectivity index is 2.77. The Morgan fingerprint density at radius 1 is 1.13 bits per heavy atom. The molecule has 1 aliphatic heterocycles. The molecule has 4 atom stereocenters. The Morgan fingerprint density at radius 3 is 2.35 bits per heavy atom. The molecule has 0 radical (unpaired) electrons. The number of nitrogens with one attached hydrogen (secondary N) is 2. The summed E-state index contributed by atoms with van der Waals surface area (Å²) in [5.41, 5.74) is 5.62. The standard InChI is InChI=1S/C18H30N4O8S/c1-31-8-6-11(18(29)30)20-16(27)13-3-2-7-22(13)17(28)12(9-23)21-15(26)10(19)4-5-14(24)25/h10-13,23H,2-9,19H2,1H3,(H,20,27)(H,21,26)(H,24,25)(H,29,30). The molecule has 0 aliphatic carbocycles. The summed E-state index contributed by atoms with van der Waals surface area (Å²) >= 11 is 1.44. The Labute approximate surface area is 183 Å². The molecule has 12 nitrogen and oxygen atoms in total. The van der Waals surface area contributed by atoms with Gasteiger partial charge in [0.2, 0.25) is 17.7 Å². The van der Waals surface area contributed by atoms with Gasteiger partial charge in [-0.3, -0.25) is 19.2 Å². The zero-order chi connectivity index (χ0) is 23.6. The van der Waals surface area contributed by atoms with E-state index in [0.29, 0.717) is 18.6 Å². The van der Waals surface area contributed by atoms with Gasteiger partial charge in [-0.15, -0.1) is 0 Å². The van der Waals surface area contributed by atoms with Crippen LogP contribution in [-0.4, -0.2) is 99.2 Å². The number of thioether (sulfide) groups is 1. The Hall–Kier alpha value is -2.38. The number of nitrogens with two attached hydrogens (primary N) is 1. The molecule has 0 saturated carbocycles. The summed E-state index contributed by atoms with van der Waals surface area (Å²) in [6, 6.07) is -4.54. The SMILES string of the molecule is CSCCC(NC(=O)C1CCCN1C(=O)C(CO)NC(=O)C(N)CCC(=O)O)C(=O)O. The zero-order valence-corrected chi connectivity index (χ0v) is 18.1. The number of rotatable bonds is 13. The van der Waals surface area contributed by atoms with Crippen molar-refractivity contribution in [2.75, 3.05) is 25.2 Å². The van der Waals surface area contributed by atoms with Crippen LogP contribution >= 0.6 is 11.8 Å². The number of carbonyl (C=O) groups is 5. The van der Waals surface area contributed by atoms with Crippen LogP contribution in [0.25, 0.3) is 0 Å². The van der Waals surface area contributed by atoms with Gasteiger partial charge in [-0.1, -0.05) is 0 Å². The molecule has 1 saturated heterocycles. The number of carboxylic acids is 2. The molecule has 31 heavy (non-hydrogen) atoms. The van der Waals surface area contributed by atoms with Gasteiger partial charge in [0.1, 0.15) is 18.1 Å². The molecule has 0 aromatic carbocycles. The summed E-state index contributed by atoms with van der Waals surface area (Å²) < 4.78 is 0. The number of likely N-dealkylation sites (tertiary alicyclic amines) is 1. The Kier molecular flexibility index (Phi) is 11.3. The summed E-state index contributed by atoms with van der Waals surface area (Å²) in [5.74, 6) is -3.87. The van der Waals surface area contributed by atoms with Gasteiger partial charge in [0.05, 0.1) is 12.6 Å². The van der Waals surface area contributed by atoms with E-state index in [-0.39, 0.29) is 25.8 Å². The number of hydrogen-bond acceptors (Lipinski definition) is 8. The van der Waals surface area contributed by atoms with Gasteiger partial charge in [-0.2, -0.15) is 11.8 Å². The maximum Gasteiger partial charge on any atom is 0.326 e. The highest BCUT2D eigenvalue weighted by Gasteiger charge is 2.38. The van der Waals surface area contributed by atoms with Crippen molar-refractivity contribution in [3.63, 3.8) is 0 Å². The fourth-order valence-electron chi connectivity index (χ4n) is 3.14. The average molecular weight is 463 g/mol. The summed E-state index contributed by atoms with van der Waals surface area (Å²) in [5, 5.41) is 32.3. The first-order valence-corrected chi connectivity index (χ1v) is 11.2.